The van der Waals surface area contributed by atoms with Crippen molar-refractivity contribution in [2.75, 3.05) is 18.4 Å². The predicted octanol–water partition coefficient (Wildman–Crippen LogP) is 3.84. The van der Waals surface area contributed by atoms with Gasteiger partial charge >= 0.3 is 0 Å². The van der Waals surface area contributed by atoms with Crippen LogP contribution < -0.4 is 10.1 Å². The first-order valence-corrected chi connectivity index (χ1v) is 9.69. The van der Waals surface area contributed by atoms with E-state index in [1.165, 1.54) is 30.6 Å². The zero-order valence-corrected chi connectivity index (χ0v) is 15.6. The van der Waals surface area contributed by atoms with Crippen molar-refractivity contribution in [1.82, 2.24) is 9.88 Å². The van der Waals surface area contributed by atoms with Crippen molar-refractivity contribution in [2.24, 2.45) is 0 Å². The summed E-state index contributed by atoms with van der Waals surface area (Å²) in [6.07, 6.45) is 3.29. The number of carbonyl (C=O) groups excluding carboxylic acids is 1. The summed E-state index contributed by atoms with van der Waals surface area (Å²) in [5.74, 6) is 0.521. The monoisotopic (exact) mass is 359 g/mol. The highest BCUT2D eigenvalue weighted by atomic mass is 32.1. The van der Waals surface area contributed by atoms with Gasteiger partial charge in [0.25, 0.3) is 5.91 Å². The Morgan fingerprint density at radius 3 is 2.92 bits per heavy atom. The van der Waals surface area contributed by atoms with Crippen molar-refractivity contribution in [2.45, 2.75) is 45.8 Å². The topological polar surface area (TPSA) is 54.5 Å². The summed E-state index contributed by atoms with van der Waals surface area (Å²) in [7, 11) is 0. The van der Waals surface area contributed by atoms with Crippen LogP contribution in [-0.2, 0) is 11.3 Å². The molecule has 2 aromatic rings. The maximum absolute atomic E-state index is 12.3. The van der Waals surface area contributed by atoms with Crippen molar-refractivity contribution in [3.63, 3.8) is 0 Å². The number of anilines is 1. The Labute approximate surface area is 153 Å². The standard InChI is InChI=1S/C19H25N3O2S/c1-14-7-6-8-17(11-14)24-15(2)18(23)21-19-20-16(13-25-19)12-22-9-4-3-5-10-22/h6-8,11,13,15H,3-5,9-10,12H2,1-2H3,(H,20,21,23). The van der Waals surface area contributed by atoms with Crippen LogP contribution in [0.15, 0.2) is 29.6 Å². The van der Waals surface area contributed by atoms with Gasteiger partial charge in [-0.05, 0) is 57.5 Å². The molecule has 1 amide bonds. The van der Waals surface area contributed by atoms with Gasteiger partial charge in [-0.25, -0.2) is 4.98 Å². The molecule has 1 aromatic heterocycles. The largest absolute Gasteiger partial charge is 0.481 e. The molecule has 0 spiro atoms. The molecule has 1 atom stereocenters. The second kappa shape index (κ2) is 8.45. The number of nitrogens with zero attached hydrogens (tertiary/aromatic N) is 2. The first kappa shape index (κ1) is 17.9. The van der Waals surface area contributed by atoms with Crippen LogP contribution in [0.5, 0.6) is 5.75 Å². The van der Waals surface area contributed by atoms with Crippen molar-refractivity contribution in [3.05, 3.63) is 40.9 Å². The van der Waals surface area contributed by atoms with E-state index in [1.807, 2.05) is 36.6 Å². The van der Waals surface area contributed by atoms with Crippen molar-refractivity contribution in [1.29, 1.82) is 0 Å². The number of rotatable bonds is 6. The third kappa shape index (κ3) is 5.28. The average molecular weight is 359 g/mol. The molecular formula is C19H25N3O2S. The number of amides is 1. The molecule has 6 heteroatoms. The van der Waals surface area contributed by atoms with Gasteiger partial charge in [0.1, 0.15) is 5.75 Å². The van der Waals surface area contributed by atoms with E-state index in [9.17, 15) is 4.79 Å². The number of thiazole rings is 1. The maximum Gasteiger partial charge on any atom is 0.266 e. The first-order valence-electron chi connectivity index (χ1n) is 8.81. The molecule has 1 fully saturated rings. The highest BCUT2D eigenvalue weighted by molar-refractivity contribution is 7.13. The van der Waals surface area contributed by atoms with E-state index >= 15 is 0 Å². The summed E-state index contributed by atoms with van der Waals surface area (Å²) in [6, 6.07) is 7.70. The number of benzene rings is 1. The lowest BCUT2D eigenvalue weighted by atomic mass is 10.1. The molecule has 1 aromatic carbocycles. The summed E-state index contributed by atoms with van der Waals surface area (Å²) < 4.78 is 5.71. The molecule has 0 radical (unpaired) electrons. The van der Waals surface area contributed by atoms with Gasteiger partial charge < -0.3 is 4.74 Å². The summed E-state index contributed by atoms with van der Waals surface area (Å²) in [6.45, 7) is 6.89. The number of hydrogen-bond acceptors (Lipinski definition) is 5. The highest BCUT2D eigenvalue weighted by Gasteiger charge is 2.17. The van der Waals surface area contributed by atoms with E-state index < -0.39 is 6.10 Å². The molecule has 2 heterocycles. The van der Waals surface area contributed by atoms with Gasteiger partial charge in [0.2, 0.25) is 0 Å². The number of likely N-dealkylation sites (tertiary alicyclic amines) is 1. The van der Waals surface area contributed by atoms with Crippen LogP contribution in [0.25, 0.3) is 0 Å². The highest BCUT2D eigenvalue weighted by Crippen LogP contribution is 2.20. The fourth-order valence-electron chi connectivity index (χ4n) is 2.94. The van der Waals surface area contributed by atoms with E-state index in [4.69, 9.17) is 4.74 Å². The molecule has 1 aliphatic heterocycles. The minimum Gasteiger partial charge on any atom is -0.481 e. The second-order valence-corrected chi connectivity index (χ2v) is 7.40. The predicted molar refractivity (Wildman–Crippen MR) is 101 cm³/mol. The lowest BCUT2D eigenvalue weighted by molar-refractivity contribution is -0.122. The molecule has 1 N–H and O–H groups in total. The van der Waals surface area contributed by atoms with Gasteiger partial charge in [0, 0.05) is 11.9 Å². The third-order valence-corrected chi connectivity index (χ3v) is 5.09. The summed E-state index contributed by atoms with van der Waals surface area (Å²) in [5, 5.41) is 5.52. The Morgan fingerprint density at radius 2 is 2.16 bits per heavy atom. The number of aryl methyl sites for hydroxylation is 1. The number of piperidine rings is 1. The van der Waals surface area contributed by atoms with Crippen LogP contribution in [-0.4, -0.2) is 35.0 Å². The van der Waals surface area contributed by atoms with Crippen LogP contribution in [0, 0.1) is 6.92 Å². The third-order valence-electron chi connectivity index (χ3n) is 4.29. The molecule has 0 aliphatic carbocycles. The van der Waals surface area contributed by atoms with Crippen LogP contribution in [0.2, 0.25) is 0 Å². The van der Waals surface area contributed by atoms with Crippen LogP contribution >= 0.6 is 11.3 Å². The summed E-state index contributed by atoms with van der Waals surface area (Å²) in [5.41, 5.74) is 2.13. The van der Waals surface area contributed by atoms with E-state index in [0.717, 1.165) is 30.9 Å². The van der Waals surface area contributed by atoms with E-state index in [0.29, 0.717) is 10.9 Å². The second-order valence-electron chi connectivity index (χ2n) is 6.55. The number of hydrogen-bond donors (Lipinski definition) is 1. The number of ether oxygens (including phenoxy) is 1. The molecular weight excluding hydrogens is 334 g/mol. The summed E-state index contributed by atoms with van der Waals surface area (Å²) >= 11 is 1.47. The van der Waals surface area contributed by atoms with Gasteiger partial charge in [-0.3, -0.25) is 15.0 Å². The molecule has 134 valence electrons. The van der Waals surface area contributed by atoms with Crippen molar-refractivity contribution < 1.29 is 9.53 Å². The lowest BCUT2D eigenvalue weighted by Crippen LogP contribution is -2.30. The number of nitrogens with one attached hydrogen (secondary N) is 1. The van der Waals surface area contributed by atoms with Gasteiger partial charge in [0.05, 0.1) is 5.69 Å². The van der Waals surface area contributed by atoms with Crippen LogP contribution in [0.3, 0.4) is 0 Å². The van der Waals surface area contributed by atoms with Gasteiger partial charge in [-0.1, -0.05) is 18.6 Å². The number of carbonyl (C=O) groups is 1. The van der Waals surface area contributed by atoms with Crippen LogP contribution in [0.1, 0.15) is 37.4 Å². The zero-order valence-electron chi connectivity index (χ0n) is 14.8. The molecule has 3 rings (SSSR count). The van der Waals surface area contributed by atoms with Crippen molar-refractivity contribution >= 4 is 22.4 Å². The SMILES string of the molecule is Cc1cccc(OC(C)C(=O)Nc2nc(CN3CCCCC3)cs2)c1. The molecule has 1 unspecified atom stereocenters. The maximum atomic E-state index is 12.3. The van der Waals surface area contributed by atoms with Gasteiger partial charge in [0.15, 0.2) is 11.2 Å². The molecule has 1 aliphatic rings. The lowest BCUT2D eigenvalue weighted by Gasteiger charge is -2.25. The fraction of sp³-hybridized carbons (Fsp3) is 0.474. The average Bonchev–Trinajstić information content (AvgIpc) is 3.02. The van der Waals surface area contributed by atoms with E-state index in [1.54, 1.807) is 6.92 Å². The Balaban J connectivity index is 1.52. The normalized spacial score (nSPS) is 16.4. The quantitative estimate of drug-likeness (QED) is 0.851. The van der Waals surface area contributed by atoms with Gasteiger partial charge in [-0.2, -0.15) is 0 Å². The molecule has 1 saturated heterocycles. The van der Waals surface area contributed by atoms with E-state index in [2.05, 4.69) is 15.2 Å². The minimum atomic E-state index is -0.573. The number of aromatic nitrogens is 1. The molecule has 5 nitrogen and oxygen atoms in total. The van der Waals surface area contributed by atoms with Crippen LogP contribution in [0.4, 0.5) is 5.13 Å². The molecule has 0 saturated carbocycles. The summed E-state index contributed by atoms with van der Waals surface area (Å²) in [4.78, 5) is 19.3. The molecule has 25 heavy (non-hydrogen) atoms. The Kier molecular flexibility index (Phi) is 6.04. The van der Waals surface area contributed by atoms with E-state index in [-0.39, 0.29) is 5.91 Å². The van der Waals surface area contributed by atoms with Crippen molar-refractivity contribution in [3.8, 4) is 5.75 Å². The Hall–Kier alpha value is -1.92. The first-order chi connectivity index (χ1) is 12.1. The Morgan fingerprint density at radius 1 is 1.36 bits per heavy atom. The molecule has 0 bridgehead atoms. The fourth-order valence-corrected chi connectivity index (χ4v) is 3.64. The zero-order chi connectivity index (χ0) is 17.6. The smallest absolute Gasteiger partial charge is 0.266 e. The minimum absolute atomic E-state index is 0.180. The Bertz CT molecular complexity index is 710. The van der Waals surface area contributed by atoms with Gasteiger partial charge in [-0.15, -0.1) is 11.3 Å².